The molecule has 1 aromatic heterocycles. The fourth-order valence-electron chi connectivity index (χ4n) is 2.97. The number of piperazine rings is 1. The number of rotatable bonds is 2. The fraction of sp³-hybridized carbons (Fsp3) is 0.615. The lowest BCUT2D eigenvalue weighted by Crippen LogP contribution is -2.44. The molecule has 1 unspecified atom stereocenters. The van der Waals surface area contributed by atoms with Gasteiger partial charge in [0.1, 0.15) is 0 Å². The monoisotopic (exact) mass is 233 g/mol. The van der Waals surface area contributed by atoms with Gasteiger partial charge in [-0.1, -0.05) is 6.07 Å². The minimum atomic E-state index is 0.0379. The van der Waals surface area contributed by atoms with E-state index in [1.807, 2.05) is 6.07 Å². The number of aromatic amines is 1. The Morgan fingerprint density at radius 1 is 1.29 bits per heavy atom. The van der Waals surface area contributed by atoms with Gasteiger partial charge in [0.2, 0.25) is 5.56 Å². The molecule has 2 aliphatic rings. The number of nitrogens with zero attached hydrogens (tertiary/aromatic N) is 1. The summed E-state index contributed by atoms with van der Waals surface area (Å²) in [5.41, 5.74) is 2.57. The molecule has 0 radical (unpaired) electrons. The smallest absolute Gasteiger partial charge is 0.248 e. The molecule has 1 aliphatic carbocycles. The first-order valence-electron chi connectivity index (χ1n) is 6.48. The molecule has 1 atom stereocenters. The van der Waals surface area contributed by atoms with Crippen molar-refractivity contribution in [3.8, 4) is 0 Å². The van der Waals surface area contributed by atoms with Crippen molar-refractivity contribution in [3.63, 3.8) is 0 Å². The molecule has 4 nitrogen and oxygen atoms in total. The lowest BCUT2D eigenvalue weighted by Gasteiger charge is -2.29. The van der Waals surface area contributed by atoms with E-state index in [9.17, 15) is 4.79 Å². The molecule has 17 heavy (non-hydrogen) atoms. The average molecular weight is 233 g/mol. The van der Waals surface area contributed by atoms with Gasteiger partial charge < -0.3 is 15.2 Å². The molecule has 1 aromatic rings. The summed E-state index contributed by atoms with van der Waals surface area (Å²) >= 11 is 0. The van der Waals surface area contributed by atoms with E-state index in [-0.39, 0.29) is 5.56 Å². The number of nitrogens with one attached hydrogen (secondary N) is 2. The Labute approximate surface area is 101 Å². The molecule has 1 fully saturated rings. The summed E-state index contributed by atoms with van der Waals surface area (Å²) in [4.78, 5) is 16.9. The largest absolute Gasteiger partial charge is 0.326 e. The average Bonchev–Trinajstić information content (AvgIpc) is 2.73. The summed E-state index contributed by atoms with van der Waals surface area (Å²) in [5.74, 6) is 0.525. The summed E-state index contributed by atoms with van der Waals surface area (Å²) in [5, 5.41) is 3.37. The second-order valence-corrected chi connectivity index (χ2v) is 5.05. The van der Waals surface area contributed by atoms with Crippen molar-refractivity contribution in [2.75, 3.05) is 32.7 Å². The van der Waals surface area contributed by atoms with E-state index < -0.39 is 0 Å². The number of hydrogen-bond acceptors (Lipinski definition) is 3. The fourth-order valence-corrected chi connectivity index (χ4v) is 2.97. The Bertz CT molecular complexity index is 448. The van der Waals surface area contributed by atoms with Crippen LogP contribution in [0.5, 0.6) is 0 Å². The zero-order valence-corrected chi connectivity index (χ0v) is 10.0. The van der Waals surface area contributed by atoms with Crippen LogP contribution >= 0.6 is 0 Å². The molecule has 3 rings (SSSR count). The third kappa shape index (κ3) is 2.28. The number of aryl methyl sites for hydroxylation is 1. The number of H-pyrrole nitrogens is 1. The Morgan fingerprint density at radius 2 is 2.12 bits per heavy atom. The number of fused-ring (bicyclic) bond motifs is 1. The topological polar surface area (TPSA) is 48.1 Å². The van der Waals surface area contributed by atoms with E-state index in [2.05, 4.69) is 15.2 Å². The highest BCUT2D eigenvalue weighted by atomic mass is 16.1. The molecule has 92 valence electrons. The predicted molar refractivity (Wildman–Crippen MR) is 67.4 cm³/mol. The Balaban J connectivity index is 1.74. The Kier molecular flexibility index (Phi) is 2.99. The predicted octanol–water partition coefficient (Wildman–Crippen LogP) is 0.310. The molecule has 0 saturated carbocycles. The van der Waals surface area contributed by atoms with Gasteiger partial charge >= 0.3 is 0 Å². The lowest BCUT2D eigenvalue weighted by atomic mass is 10.1. The van der Waals surface area contributed by atoms with Gasteiger partial charge in [-0.3, -0.25) is 4.79 Å². The summed E-state index contributed by atoms with van der Waals surface area (Å²) in [7, 11) is 0. The van der Waals surface area contributed by atoms with E-state index >= 15 is 0 Å². The molecule has 0 bridgehead atoms. The van der Waals surface area contributed by atoms with E-state index in [1.54, 1.807) is 6.07 Å². The van der Waals surface area contributed by atoms with Crippen LogP contribution in [0.4, 0.5) is 0 Å². The molecule has 1 aliphatic heterocycles. The highest BCUT2D eigenvalue weighted by molar-refractivity contribution is 5.28. The SMILES string of the molecule is O=c1ccc2c([nH]1)C(CN1CCNCC1)CC2. The molecule has 2 heterocycles. The van der Waals surface area contributed by atoms with Crippen LogP contribution in [-0.4, -0.2) is 42.6 Å². The summed E-state index contributed by atoms with van der Waals surface area (Å²) in [6, 6.07) is 3.64. The molecule has 1 saturated heterocycles. The van der Waals surface area contributed by atoms with Crippen molar-refractivity contribution in [1.29, 1.82) is 0 Å². The van der Waals surface area contributed by atoms with Gasteiger partial charge in [-0.25, -0.2) is 0 Å². The molecular formula is C13H19N3O. The van der Waals surface area contributed by atoms with Gasteiger partial charge in [0, 0.05) is 50.4 Å². The Morgan fingerprint density at radius 3 is 2.94 bits per heavy atom. The van der Waals surface area contributed by atoms with Crippen molar-refractivity contribution >= 4 is 0 Å². The van der Waals surface area contributed by atoms with E-state index in [0.717, 1.165) is 39.1 Å². The van der Waals surface area contributed by atoms with Crippen LogP contribution < -0.4 is 10.9 Å². The van der Waals surface area contributed by atoms with Crippen molar-refractivity contribution in [2.45, 2.75) is 18.8 Å². The number of aromatic nitrogens is 1. The Hall–Kier alpha value is -1.13. The van der Waals surface area contributed by atoms with Crippen LogP contribution in [0.2, 0.25) is 0 Å². The maximum absolute atomic E-state index is 11.4. The van der Waals surface area contributed by atoms with Crippen LogP contribution in [-0.2, 0) is 6.42 Å². The zero-order valence-electron chi connectivity index (χ0n) is 10.0. The van der Waals surface area contributed by atoms with E-state index in [1.165, 1.54) is 17.7 Å². The minimum Gasteiger partial charge on any atom is -0.326 e. The number of hydrogen-bond donors (Lipinski definition) is 2. The third-order valence-electron chi connectivity index (χ3n) is 3.90. The molecule has 0 spiro atoms. The van der Waals surface area contributed by atoms with Crippen molar-refractivity contribution in [1.82, 2.24) is 15.2 Å². The second-order valence-electron chi connectivity index (χ2n) is 5.05. The lowest BCUT2D eigenvalue weighted by molar-refractivity contribution is 0.225. The quantitative estimate of drug-likeness (QED) is 0.773. The highest BCUT2D eigenvalue weighted by Gasteiger charge is 2.25. The first kappa shape index (κ1) is 11.0. The maximum Gasteiger partial charge on any atom is 0.248 e. The summed E-state index contributed by atoms with van der Waals surface area (Å²) in [6.07, 6.45) is 2.29. The second kappa shape index (κ2) is 4.63. The standard InChI is InChI=1S/C13H19N3O/c17-12-4-3-10-1-2-11(13(10)15-12)9-16-7-5-14-6-8-16/h3-4,11,14H,1-2,5-9H2,(H,15,17). The van der Waals surface area contributed by atoms with Crippen LogP contribution in [0.15, 0.2) is 16.9 Å². The van der Waals surface area contributed by atoms with Gasteiger partial charge in [-0.2, -0.15) is 0 Å². The van der Waals surface area contributed by atoms with Crippen LogP contribution in [0.1, 0.15) is 23.6 Å². The van der Waals surface area contributed by atoms with Crippen molar-refractivity contribution < 1.29 is 0 Å². The van der Waals surface area contributed by atoms with Gasteiger partial charge in [0.15, 0.2) is 0 Å². The first-order chi connectivity index (χ1) is 8.33. The van der Waals surface area contributed by atoms with E-state index in [0.29, 0.717) is 5.92 Å². The van der Waals surface area contributed by atoms with Crippen molar-refractivity contribution in [2.24, 2.45) is 0 Å². The molecule has 2 N–H and O–H groups in total. The van der Waals surface area contributed by atoms with Gasteiger partial charge in [-0.15, -0.1) is 0 Å². The van der Waals surface area contributed by atoms with E-state index in [4.69, 9.17) is 0 Å². The van der Waals surface area contributed by atoms with Gasteiger partial charge in [0.05, 0.1) is 0 Å². The zero-order chi connectivity index (χ0) is 11.7. The molecular weight excluding hydrogens is 214 g/mol. The molecule has 0 amide bonds. The maximum atomic E-state index is 11.4. The summed E-state index contributed by atoms with van der Waals surface area (Å²) in [6.45, 7) is 5.52. The normalized spacial score (nSPS) is 24.8. The van der Waals surface area contributed by atoms with Gasteiger partial charge in [-0.05, 0) is 18.4 Å². The van der Waals surface area contributed by atoms with Gasteiger partial charge in [0.25, 0.3) is 0 Å². The van der Waals surface area contributed by atoms with Crippen molar-refractivity contribution in [3.05, 3.63) is 33.7 Å². The minimum absolute atomic E-state index is 0.0379. The molecule has 0 aromatic carbocycles. The third-order valence-corrected chi connectivity index (χ3v) is 3.90. The first-order valence-corrected chi connectivity index (χ1v) is 6.48. The van der Waals surface area contributed by atoms with Crippen LogP contribution in [0.25, 0.3) is 0 Å². The number of pyridine rings is 1. The highest BCUT2D eigenvalue weighted by Crippen LogP contribution is 2.31. The molecule has 4 heteroatoms. The van der Waals surface area contributed by atoms with Crippen LogP contribution in [0, 0.1) is 0 Å². The summed E-state index contributed by atoms with van der Waals surface area (Å²) < 4.78 is 0. The van der Waals surface area contributed by atoms with Crippen LogP contribution in [0.3, 0.4) is 0 Å².